The minimum atomic E-state index is -0.212. The number of nitrogens with zero attached hydrogens (tertiary/aromatic N) is 1. The predicted octanol–water partition coefficient (Wildman–Crippen LogP) is 3.75. The van der Waals surface area contributed by atoms with Crippen LogP contribution in [0.25, 0.3) is 21.8 Å². The van der Waals surface area contributed by atoms with Gasteiger partial charge in [-0.1, -0.05) is 24.3 Å². The van der Waals surface area contributed by atoms with Gasteiger partial charge >= 0.3 is 0 Å². The Morgan fingerprint density at radius 3 is 1.76 bits per heavy atom. The van der Waals surface area contributed by atoms with Crippen molar-refractivity contribution < 1.29 is 9.59 Å². The molecule has 0 saturated carbocycles. The number of carbonyl (C=O) groups is 2. The number of carbonyl (C=O) groups excluding carboxylic acids is 2. The van der Waals surface area contributed by atoms with Gasteiger partial charge in [-0.25, -0.2) is 0 Å². The van der Waals surface area contributed by atoms with E-state index in [-0.39, 0.29) is 23.8 Å². The molecule has 0 fully saturated rings. The summed E-state index contributed by atoms with van der Waals surface area (Å²) in [5.41, 5.74) is 2.67. The summed E-state index contributed by atoms with van der Waals surface area (Å²) in [6, 6.07) is 21.5. The summed E-state index contributed by atoms with van der Waals surface area (Å²) < 4.78 is 1.85. The fourth-order valence-corrected chi connectivity index (χ4v) is 3.43. The minimum absolute atomic E-state index is 0.0404. The Bertz CT molecular complexity index is 1230. The molecule has 0 aliphatic carbocycles. The molecular weight excluding hydrogens is 366 g/mol. The minimum Gasteiger partial charge on any atom is -0.331 e. The standard InChI is InChI=1S/C23H19N3O3/c1-15(27)24-16-10-12-17(13-11-16)25-22(28)14-26-20-8-4-2-6-18(20)23(29)19-7-3-5-9-21(19)26/h2-13H,14H2,1H3,(H,24,27)(H,25,28). The molecule has 2 amide bonds. The van der Waals surface area contributed by atoms with Crippen molar-refractivity contribution in [3.8, 4) is 0 Å². The summed E-state index contributed by atoms with van der Waals surface area (Å²) in [4.78, 5) is 36.6. The molecule has 4 aromatic rings. The van der Waals surface area contributed by atoms with Crippen molar-refractivity contribution >= 4 is 45.0 Å². The Hall–Kier alpha value is -3.93. The summed E-state index contributed by atoms with van der Waals surface area (Å²) in [6.07, 6.45) is 0. The number of fused-ring (bicyclic) bond motifs is 2. The summed E-state index contributed by atoms with van der Waals surface area (Å²) in [6.45, 7) is 1.50. The molecule has 0 spiro atoms. The van der Waals surface area contributed by atoms with E-state index in [0.29, 0.717) is 33.2 Å². The summed E-state index contributed by atoms with van der Waals surface area (Å²) in [7, 11) is 0. The van der Waals surface area contributed by atoms with Gasteiger partial charge in [0.2, 0.25) is 11.8 Å². The maximum absolute atomic E-state index is 12.8. The van der Waals surface area contributed by atoms with Crippen molar-refractivity contribution in [2.75, 3.05) is 10.6 Å². The molecule has 0 bridgehead atoms. The number of hydrogen-bond acceptors (Lipinski definition) is 3. The first-order valence-electron chi connectivity index (χ1n) is 9.21. The van der Waals surface area contributed by atoms with Gasteiger partial charge in [-0.15, -0.1) is 0 Å². The molecular formula is C23H19N3O3. The van der Waals surface area contributed by atoms with Crippen LogP contribution < -0.4 is 16.1 Å². The van der Waals surface area contributed by atoms with Crippen molar-refractivity contribution in [2.24, 2.45) is 0 Å². The topological polar surface area (TPSA) is 80.2 Å². The van der Waals surface area contributed by atoms with Crippen molar-refractivity contribution in [2.45, 2.75) is 13.5 Å². The van der Waals surface area contributed by atoms with Crippen molar-refractivity contribution in [3.63, 3.8) is 0 Å². The van der Waals surface area contributed by atoms with Crippen molar-refractivity contribution in [1.82, 2.24) is 4.57 Å². The van der Waals surface area contributed by atoms with Crippen molar-refractivity contribution in [3.05, 3.63) is 83.0 Å². The second-order valence-electron chi connectivity index (χ2n) is 6.76. The first-order valence-corrected chi connectivity index (χ1v) is 9.21. The summed E-state index contributed by atoms with van der Waals surface area (Å²) in [5, 5.41) is 6.71. The van der Waals surface area contributed by atoms with Crippen LogP contribution in [-0.2, 0) is 16.1 Å². The molecule has 0 saturated heterocycles. The molecule has 144 valence electrons. The van der Waals surface area contributed by atoms with Gasteiger partial charge in [-0.2, -0.15) is 0 Å². The lowest BCUT2D eigenvalue weighted by Crippen LogP contribution is -2.21. The van der Waals surface area contributed by atoms with E-state index in [1.807, 2.05) is 41.0 Å². The van der Waals surface area contributed by atoms with E-state index in [1.165, 1.54) is 6.92 Å². The van der Waals surface area contributed by atoms with Crippen LogP contribution in [-0.4, -0.2) is 16.4 Å². The van der Waals surface area contributed by atoms with E-state index < -0.39 is 0 Å². The smallest absolute Gasteiger partial charge is 0.244 e. The third-order valence-corrected chi connectivity index (χ3v) is 4.67. The Morgan fingerprint density at radius 1 is 0.759 bits per heavy atom. The monoisotopic (exact) mass is 385 g/mol. The molecule has 29 heavy (non-hydrogen) atoms. The lowest BCUT2D eigenvalue weighted by atomic mass is 10.1. The second kappa shape index (κ2) is 7.59. The third kappa shape index (κ3) is 3.73. The van der Waals surface area contributed by atoms with Gasteiger partial charge in [-0.05, 0) is 48.5 Å². The van der Waals surface area contributed by atoms with Gasteiger partial charge in [0, 0.05) is 29.1 Å². The number of nitrogens with one attached hydrogen (secondary N) is 2. The molecule has 6 heteroatoms. The second-order valence-corrected chi connectivity index (χ2v) is 6.76. The highest BCUT2D eigenvalue weighted by molar-refractivity contribution is 5.97. The quantitative estimate of drug-likeness (QED) is 0.525. The number of rotatable bonds is 4. The number of hydrogen-bond donors (Lipinski definition) is 2. The first kappa shape index (κ1) is 18.4. The molecule has 1 heterocycles. The van der Waals surface area contributed by atoms with Crippen LogP contribution in [0.2, 0.25) is 0 Å². The van der Waals surface area contributed by atoms with Crippen LogP contribution in [0, 0.1) is 0 Å². The third-order valence-electron chi connectivity index (χ3n) is 4.67. The van der Waals surface area contributed by atoms with E-state index >= 15 is 0 Å². The fourth-order valence-electron chi connectivity index (χ4n) is 3.43. The van der Waals surface area contributed by atoms with Gasteiger partial charge in [-0.3, -0.25) is 14.4 Å². The van der Waals surface area contributed by atoms with E-state index in [1.54, 1.807) is 36.4 Å². The number of anilines is 2. The van der Waals surface area contributed by atoms with E-state index in [0.717, 1.165) is 0 Å². The van der Waals surface area contributed by atoms with Gasteiger partial charge in [0.1, 0.15) is 6.54 Å². The molecule has 4 rings (SSSR count). The molecule has 2 N–H and O–H groups in total. The normalized spacial score (nSPS) is 10.8. The van der Waals surface area contributed by atoms with Crippen LogP contribution >= 0.6 is 0 Å². The highest BCUT2D eigenvalue weighted by atomic mass is 16.2. The highest BCUT2D eigenvalue weighted by Crippen LogP contribution is 2.20. The Morgan fingerprint density at radius 2 is 1.24 bits per heavy atom. The number of benzene rings is 3. The van der Waals surface area contributed by atoms with Crippen LogP contribution in [0.4, 0.5) is 11.4 Å². The van der Waals surface area contributed by atoms with Gasteiger partial charge in [0.05, 0.1) is 11.0 Å². The average Bonchev–Trinajstić information content (AvgIpc) is 2.72. The highest BCUT2D eigenvalue weighted by Gasteiger charge is 2.13. The van der Waals surface area contributed by atoms with E-state index in [4.69, 9.17) is 0 Å². The Labute approximate surface area is 166 Å². The SMILES string of the molecule is CC(=O)Nc1ccc(NC(=O)Cn2c3ccccc3c(=O)c3ccccc32)cc1. The molecule has 0 unspecified atom stereocenters. The Balaban J connectivity index is 1.66. The van der Waals surface area contributed by atoms with Gasteiger partial charge in [0.25, 0.3) is 0 Å². The molecule has 6 nitrogen and oxygen atoms in total. The first-order chi connectivity index (χ1) is 14.0. The van der Waals surface area contributed by atoms with Gasteiger partial charge in [0.15, 0.2) is 5.43 Å². The van der Waals surface area contributed by atoms with Crippen LogP contribution in [0.1, 0.15) is 6.92 Å². The van der Waals surface area contributed by atoms with Gasteiger partial charge < -0.3 is 15.2 Å². The maximum Gasteiger partial charge on any atom is 0.244 e. The number of amides is 2. The number of pyridine rings is 1. The van der Waals surface area contributed by atoms with Crippen LogP contribution in [0.15, 0.2) is 77.6 Å². The molecule has 0 aliphatic rings. The summed E-state index contributed by atoms with van der Waals surface area (Å²) >= 11 is 0. The van der Waals surface area contributed by atoms with E-state index in [2.05, 4.69) is 10.6 Å². The average molecular weight is 385 g/mol. The zero-order valence-corrected chi connectivity index (χ0v) is 15.8. The zero-order valence-electron chi connectivity index (χ0n) is 15.8. The molecule has 0 aliphatic heterocycles. The maximum atomic E-state index is 12.8. The molecule has 0 radical (unpaired) electrons. The predicted molar refractivity (Wildman–Crippen MR) is 115 cm³/mol. The van der Waals surface area contributed by atoms with Crippen LogP contribution in [0.3, 0.4) is 0 Å². The zero-order chi connectivity index (χ0) is 20.4. The lowest BCUT2D eigenvalue weighted by Gasteiger charge is -2.15. The van der Waals surface area contributed by atoms with E-state index in [9.17, 15) is 14.4 Å². The van der Waals surface area contributed by atoms with Crippen LogP contribution in [0.5, 0.6) is 0 Å². The molecule has 0 atom stereocenters. The van der Waals surface area contributed by atoms with Crippen molar-refractivity contribution in [1.29, 1.82) is 0 Å². The Kier molecular flexibility index (Phi) is 4.83. The number of para-hydroxylation sites is 2. The molecule has 1 aromatic heterocycles. The largest absolute Gasteiger partial charge is 0.331 e. The fraction of sp³-hybridized carbons (Fsp3) is 0.0870. The summed E-state index contributed by atoms with van der Waals surface area (Å²) in [5.74, 6) is -0.366. The lowest BCUT2D eigenvalue weighted by molar-refractivity contribution is -0.116. The number of aromatic nitrogens is 1. The molecule has 3 aromatic carbocycles.